The molecule has 735 valence electrons. The van der Waals surface area contributed by atoms with Gasteiger partial charge in [-0.3, -0.25) is 19.4 Å². The number of thiocarbonyl (C=S) groups is 3. The maximum Gasteiger partial charge on any atom is 0.266 e. The van der Waals surface area contributed by atoms with Gasteiger partial charge in [0.15, 0.2) is 0 Å². The molecule has 2 saturated heterocycles. The van der Waals surface area contributed by atoms with Gasteiger partial charge in [0.05, 0.1) is 28.6 Å². The molecule has 2 fully saturated rings. The summed E-state index contributed by atoms with van der Waals surface area (Å²) in [6.07, 6.45) is 50.5. The predicted molar refractivity (Wildman–Crippen MR) is 629 cm³/mol. The van der Waals surface area contributed by atoms with Gasteiger partial charge in [-0.2, -0.15) is 48.6 Å². The fraction of sp³-hybridized carbons (Fsp3) is 0.372. The average Bonchev–Trinajstić information content (AvgIpc) is 1.55. The molecule has 11 aromatic rings. The first-order chi connectivity index (χ1) is 69.1. The summed E-state index contributed by atoms with van der Waals surface area (Å²) in [7, 11) is 0. The van der Waals surface area contributed by atoms with E-state index in [4.69, 9.17) is 33.9 Å². The van der Waals surface area contributed by atoms with E-state index in [0.29, 0.717) is 56.3 Å². The summed E-state index contributed by atoms with van der Waals surface area (Å²) in [5, 5.41) is 12.9. The number of unbranched alkanes of at least 4 members (excludes halogenated alkanes) is 22. The van der Waals surface area contributed by atoms with Crippen molar-refractivity contribution in [2.45, 2.75) is 287 Å². The van der Waals surface area contributed by atoms with E-state index in [2.05, 4.69) is 313 Å². The second-order valence-electron chi connectivity index (χ2n) is 38.0. The number of ether oxygens (including phenoxy) is 2. The van der Waals surface area contributed by atoms with E-state index in [1.807, 2.05) is 48.6 Å². The molecule has 143 heavy (non-hydrogen) atoms. The number of aryl methyl sites for hydroxylation is 2. The summed E-state index contributed by atoms with van der Waals surface area (Å²) in [6, 6.07) is 66.2. The van der Waals surface area contributed by atoms with Crippen LogP contribution in [0.2, 0.25) is 0 Å². The van der Waals surface area contributed by atoms with Crippen LogP contribution in [0.4, 0.5) is 0 Å². The normalized spacial score (nSPS) is 13.6. The van der Waals surface area contributed by atoms with Crippen LogP contribution in [0, 0.1) is 73.3 Å². The minimum atomic E-state index is -0.0719. The fourth-order valence-corrected chi connectivity index (χ4v) is 23.0. The smallest absolute Gasteiger partial charge is 0.266 e. The molecule has 15 rings (SSSR count). The molecule has 11 aromatic carbocycles. The van der Waals surface area contributed by atoms with Gasteiger partial charge < -0.3 is 47.7 Å². The molecular formula is C129H136IN2O4S5VZn-5. The molecule has 2 aliphatic heterocycles. The van der Waals surface area contributed by atoms with Crippen LogP contribution in [0.5, 0.6) is 11.5 Å². The van der Waals surface area contributed by atoms with Gasteiger partial charge in [-0.15, -0.1) is 91.0 Å². The third kappa shape index (κ3) is 28.8. The van der Waals surface area contributed by atoms with Crippen molar-refractivity contribution >= 4 is 208 Å². The van der Waals surface area contributed by atoms with E-state index in [9.17, 15) is 9.59 Å². The Labute approximate surface area is 917 Å². The summed E-state index contributed by atoms with van der Waals surface area (Å²) in [5.74, 6) is 32.9. The number of likely N-dealkylation sites (N-methyl/N-ethyl adjacent to an activating group) is 2. The Morgan fingerprint density at radius 2 is 0.685 bits per heavy atom. The molecule has 4 aliphatic rings. The molecule has 2 unspecified atom stereocenters. The zero-order valence-corrected chi connectivity index (χ0v) is 96.3. The van der Waals surface area contributed by atoms with Crippen LogP contribution >= 0.6 is 82.8 Å². The first-order valence-electron chi connectivity index (χ1n) is 52.5. The summed E-state index contributed by atoms with van der Waals surface area (Å²) < 4.78 is 16.9. The topological polar surface area (TPSA) is 59.1 Å². The van der Waals surface area contributed by atoms with Crippen molar-refractivity contribution < 1.29 is 57.1 Å². The zero-order valence-electron chi connectivity index (χ0n) is 85.7. The summed E-state index contributed by atoms with van der Waals surface area (Å²) in [6.45, 7) is 24.0. The van der Waals surface area contributed by atoms with Crippen LogP contribution < -0.4 is 9.47 Å². The van der Waals surface area contributed by atoms with Gasteiger partial charge in [0.25, 0.3) is 11.8 Å². The van der Waals surface area contributed by atoms with E-state index in [1.165, 1.54) is 148 Å². The number of rotatable bonds is 42. The van der Waals surface area contributed by atoms with Crippen molar-refractivity contribution in [1.29, 1.82) is 0 Å². The Morgan fingerprint density at radius 3 is 1.05 bits per heavy atom. The average molecular weight is 2180 g/mol. The van der Waals surface area contributed by atoms with Gasteiger partial charge in [0, 0.05) is 84.5 Å². The molecule has 0 spiro atoms. The third-order valence-corrected chi connectivity index (χ3v) is 30.7. The third-order valence-electron chi connectivity index (χ3n) is 28.0. The van der Waals surface area contributed by atoms with Crippen LogP contribution in [-0.4, -0.2) is 59.9 Å². The Bertz CT molecular complexity index is 6850. The Balaban J connectivity index is 0.00000360. The number of halogens is 1. The molecular weight excluding hydrogens is 2050 g/mol. The molecule has 2 heterocycles. The van der Waals surface area contributed by atoms with E-state index < -0.39 is 0 Å². The molecule has 1 radical (unpaired) electrons. The van der Waals surface area contributed by atoms with Crippen molar-refractivity contribution in [1.82, 2.24) is 9.80 Å². The summed E-state index contributed by atoms with van der Waals surface area (Å²) in [5.41, 5.74) is 18.0. The predicted octanol–water partition coefficient (Wildman–Crippen LogP) is 36.3. The maximum absolute atomic E-state index is 13.7. The van der Waals surface area contributed by atoms with Crippen molar-refractivity contribution in [2.75, 3.05) is 26.3 Å². The van der Waals surface area contributed by atoms with Crippen molar-refractivity contribution in [3.63, 3.8) is 0 Å². The molecule has 6 nitrogen and oxygen atoms in total. The number of carbonyl (C=O) groups excluding carboxylic acids is 2. The SMILES string of the molecule is CCCCCCCCC(CCCCCC)c1c2[c-]c(c(C#Cc3c4ccccc4c(C#Cc4cc(C)c(/C=C5\SC(=S)N(CC)C5=O)cc4OCCCCCC)c4ccccc34)c3ccc([cH-]3)c(C(CCCCCC)CCCCCCCC)c3[c-]c(c(C#Cc4c5ccccc5c(C#Cc5cc(OCCCCCC)c(/C=C6\SC(=S)N(CC)C6=O)cc5C)c5ccccc45)c4ccc1[cH-]4)C=C3)C=C2.S=[C-]I.[V].[Zn]. The number of benzene rings is 8. The van der Waals surface area contributed by atoms with Crippen LogP contribution in [0.15, 0.2) is 168 Å². The van der Waals surface area contributed by atoms with Crippen molar-refractivity contribution in [3.05, 3.63) is 280 Å². The fourth-order valence-electron chi connectivity index (χ4n) is 20.3. The van der Waals surface area contributed by atoms with Crippen LogP contribution in [0.3, 0.4) is 0 Å². The standard InChI is InChI=1S/C128H136N2O4S4.CIS.V.Zn/c1-11-19-25-31-33-37-51-91(49-35-27-21-13-3)123-99-65-61-94(81-99)105(73-75-117-111-57-43-39-53-107(111)115(108-54-40-44-58-112(108)117)71-69-93-85-120(134-78-48-30-24-16-6)104(80-89(93)9)88-122-126(132)130(18-8)128(136)138-122)95-62-66-100(82-95)124(92(50-36-28-22-14-4)52-38-34-32-26-20-12-2)102-68-64-97(84-102)106(96-63-67-101(123)83-96)74-76-118-113-59-45-41-55-109(113)116(110-56-42-46-60-114(110)118)72-70-98-79-90(10)103(86-119(98)133-77-47-29-23-15-5)87-121-125(131)129(17-7)127(135)137-121;2-1-3;;/h39-46,53-68,79-81,84-88,91-92H,11-38,47-52,77-78H2,1-10H3;;;/q-4;-1;;/b105-94?,105-95?,106-96?,106-97?,121-87-,122-88-,123-99?,123-101?,124-100?,124-102?;;;. The van der Waals surface area contributed by atoms with Gasteiger partial charge in [0.2, 0.25) is 0 Å². The largest absolute Gasteiger partial charge is 0.493 e. The van der Waals surface area contributed by atoms with E-state index in [-0.39, 0.29) is 61.7 Å². The van der Waals surface area contributed by atoms with Crippen LogP contribution in [-0.2, 0) is 47.6 Å². The second kappa shape index (κ2) is 57.8. The molecule has 14 heteroatoms. The molecule has 2 atom stereocenters. The quantitative estimate of drug-likeness (QED) is 0.00429. The van der Waals surface area contributed by atoms with Crippen LogP contribution in [0.25, 0.3) is 101 Å². The Kier molecular flexibility index (Phi) is 45.5. The molecule has 0 aromatic heterocycles. The number of hydrogen-bond donors (Lipinski definition) is 0. The van der Waals surface area contributed by atoms with Gasteiger partial charge in [-0.25, -0.2) is 0 Å². The van der Waals surface area contributed by atoms with E-state index in [1.54, 1.807) is 9.80 Å². The van der Waals surface area contributed by atoms with Crippen molar-refractivity contribution in [2.24, 2.45) is 0 Å². The number of fused-ring (bicyclic) bond motifs is 12. The summed E-state index contributed by atoms with van der Waals surface area (Å²) in [4.78, 5) is 31.8. The van der Waals surface area contributed by atoms with Crippen molar-refractivity contribution in [3.8, 4) is 58.9 Å². The zero-order chi connectivity index (χ0) is 98.9. The molecule has 0 saturated carbocycles. The van der Waals surface area contributed by atoms with Gasteiger partial charge in [0.1, 0.15) is 20.1 Å². The van der Waals surface area contributed by atoms with Gasteiger partial charge in [-0.05, 0) is 160 Å². The number of thioether (sulfide) groups is 2. The maximum atomic E-state index is 13.7. The Morgan fingerprint density at radius 1 is 0.378 bits per heavy atom. The first-order valence-corrected chi connectivity index (χ1v) is 56.4. The first kappa shape index (κ1) is 113. The van der Waals surface area contributed by atoms with Crippen LogP contribution in [0.1, 0.15) is 373 Å². The molecule has 8 bridgehead atoms. The second-order valence-corrected chi connectivity index (χ2v) is 42.8. The Hall–Kier alpha value is -9.15. The van der Waals surface area contributed by atoms with Gasteiger partial charge in [-0.1, -0.05) is 415 Å². The summed E-state index contributed by atoms with van der Waals surface area (Å²) >= 11 is 20.0. The number of hydrogen-bond acceptors (Lipinski definition) is 9. The monoisotopic (exact) mass is 2180 g/mol. The van der Waals surface area contributed by atoms with E-state index in [0.717, 1.165) is 246 Å². The number of amides is 2. The molecule has 0 N–H and O–H groups in total. The minimum Gasteiger partial charge on any atom is -0.493 e. The van der Waals surface area contributed by atoms with E-state index >= 15 is 0 Å². The minimum absolute atomic E-state index is 0. The molecule has 2 aliphatic carbocycles. The number of nitrogens with zero attached hydrogens (tertiary/aromatic N) is 2. The number of carbonyl (C=O) groups is 2. The van der Waals surface area contributed by atoms with Gasteiger partial charge >= 0.3 is 0 Å². The molecule has 2 amide bonds.